The number of nitro groups is 1. The SMILES string of the molecule is O=C(NC1CCCNCC1)c1cc(F)cc([N+](=O)[O-])c1. The molecule has 20 heavy (non-hydrogen) atoms. The van der Waals surface area contributed by atoms with Gasteiger partial charge in [-0.1, -0.05) is 0 Å². The number of hydrogen-bond acceptors (Lipinski definition) is 4. The molecule has 0 aromatic heterocycles. The van der Waals surface area contributed by atoms with Crippen molar-refractivity contribution in [2.75, 3.05) is 13.1 Å². The second-order valence-electron chi connectivity index (χ2n) is 4.81. The van der Waals surface area contributed by atoms with E-state index in [4.69, 9.17) is 0 Å². The third-order valence-electron chi connectivity index (χ3n) is 3.27. The van der Waals surface area contributed by atoms with Crippen LogP contribution in [0, 0.1) is 15.9 Å². The molecule has 1 aromatic rings. The third-order valence-corrected chi connectivity index (χ3v) is 3.27. The van der Waals surface area contributed by atoms with E-state index in [9.17, 15) is 19.3 Å². The molecule has 1 saturated heterocycles. The Bertz CT molecular complexity index is 514. The maximum absolute atomic E-state index is 13.3. The van der Waals surface area contributed by atoms with Gasteiger partial charge in [0.15, 0.2) is 0 Å². The lowest BCUT2D eigenvalue weighted by atomic mass is 10.1. The van der Waals surface area contributed by atoms with Gasteiger partial charge in [-0.25, -0.2) is 4.39 Å². The number of hydrogen-bond donors (Lipinski definition) is 2. The first-order chi connectivity index (χ1) is 9.56. The summed E-state index contributed by atoms with van der Waals surface area (Å²) in [5.74, 6) is -1.26. The summed E-state index contributed by atoms with van der Waals surface area (Å²) in [5.41, 5.74) is -0.438. The summed E-state index contributed by atoms with van der Waals surface area (Å²) in [7, 11) is 0. The zero-order chi connectivity index (χ0) is 14.5. The van der Waals surface area contributed by atoms with Crippen molar-refractivity contribution in [1.29, 1.82) is 0 Å². The molecule has 1 aliphatic heterocycles. The first kappa shape index (κ1) is 14.4. The molecule has 2 N–H and O–H groups in total. The van der Waals surface area contributed by atoms with Crippen LogP contribution in [0.1, 0.15) is 29.6 Å². The van der Waals surface area contributed by atoms with Gasteiger partial charge in [-0.05, 0) is 38.4 Å². The van der Waals surface area contributed by atoms with Crippen molar-refractivity contribution >= 4 is 11.6 Å². The van der Waals surface area contributed by atoms with E-state index in [1.54, 1.807) is 0 Å². The van der Waals surface area contributed by atoms with E-state index in [0.717, 1.165) is 50.6 Å². The number of benzene rings is 1. The Morgan fingerprint density at radius 2 is 2.15 bits per heavy atom. The number of halogens is 1. The fourth-order valence-corrected chi connectivity index (χ4v) is 2.24. The number of amides is 1. The molecule has 0 bridgehead atoms. The standard InChI is InChI=1S/C13H16FN3O3/c14-10-6-9(7-12(8-10)17(19)20)13(18)16-11-2-1-4-15-5-3-11/h6-8,11,15H,1-5H2,(H,16,18). The van der Waals surface area contributed by atoms with Crippen molar-refractivity contribution in [3.8, 4) is 0 Å². The molecule has 1 fully saturated rings. The summed E-state index contributed by atoms with van der Waals surface area (Å²) in [6.45, 7) is 1.73. The van der Waals surface area contributed by atoms with Gasteiger partial charge in [-0.3, -0.25) is 14.9 Å². The first-order valence-electron chi connectivity index (χ1n) is 6.53. The maximum atomic E-state index is 13.3. The topological polar surface area (TPSA) is 84.3 Å². The highest BCUT2D eigenvalue weighted by Gasteiger charge is 2.18. The van der Waals surface area contributed by atoms with E-state index in [2.05, 4.69) is 10.6 Å². The van der Waals surface area contributed by atoms with E-state index in [1.165, 1.54) is 0 Å². The highest BCUT2D eigenvalue weighted by molar-refractivity contribution is 5.95. The molecule has 6 nitrogen and oxygen atoms in total. The average Bonchev–Trinajstić information content (AvgIpc) is 2.66. The molecule has 1 heterocycles. The maximum Gasteiger partial charge on any atom is 0.273 e. The number of nitrogens with zero attached hydrogens (tertiary/aromatic N) is 1. The molecule has 1 atom stereocenters. The van der Waals surface area contributed by atoms with Crippen LogP contribution in [0.4, 0.5) is 10.1 Å². The predicted octanol–water partition coefficient (Wildman–Crippen LogP) is 1.61. The van der Waals surface area contributed by atoms with E-state index in [1.807, 2.05) is 0 Å². The van der Waals surface area contributed by atoms with Crippen LogP contribution in [0.25, 0.3) is 0 Å². The largest absolute Gasteiger partial charge is 0.349 e. The van der Waals surface area contributed by atoms with Gasteiger partial charge < -0.3 is 10.6 Å². The Morgan fingerprint density at radius 3 is 2.90 bits per heavy atom. The van der Waals surface area contributed by atoms with Gasteiger partial charge in [0.25, 0.3) is 11.6 Å². The van der Waals surface area contributed by atoms with Gasteiger partial charge in [0, 0.05) is 17.7 Å². The summed E-state index contributed by atoms with van der Waals surface area (Å²) in [4.78, 5) is 22.0. The van der Waals surface area contributed by atoms with Crippen LogP contribution < -0.4 is 10.6 Å². The Balaban J connectivity index is 2.10. The average molecular weight is 281 g/mol. The molecule has 0 aliphatic carbocycles. The highest BCUT2D eigenvalue weighted by atomic mass is 19.1. The van der Waals surface area contributed by atoms with Crippen LogP contribution in [-0.2, 0) is 0 Å². The number of carbonyl (C=O) groups excluding carboxylic acids is 1. The second kappa shape index (κ2) is 6.42. The Hall–Kier alpha value is -2.02. The van der Waals surface area contributed by atoms with E-state index in [0.29, 0.717) is 0 Å². The molecule has 0 radical (unpaired) electrons. The quantitative estimate of drug-likeness (QED) is 0.651. The van der Waals surface area contributed by atoms with Crippen LogP contribution in [0.3, 0.4) is 0 Å². The minimum absolute atomic E-state index is 0.0137. The summed E-state index contributed by atoms with van der Waals surface area (Å²) >= 11 is 0. The lowest BCUT2D eigenvalue weighted by Gasteiger charge is -2.15. The molecule has 0 spiro atoms. The molecule has 2 rings (SSSR count). The number of non-ortho nitro benzene ring substituents is 1. The van der Waals surface area contributed by atoms with E-state index >= 15 is 0 Å². The predicted molar refractivity (Wildman–Crippen MR) is 71.0 cm³/mol. The third kappa shape index (κ3) is 3.74. The molecular weight excluding hydrogens is 265 g/mol. The fraction of sp³-hybridized carbons (Fsp3) is 0.462. The van der Waals surface area contributed by atoms with Crippen molar-refractivity contribution in [3.05, 3.63) is 39.7 Å². The highest BCUT2D eigenvalue weighted by Crippen LogP contribution is 2.17. The minimum atomic E-state index is -0.785. The fourth-order valence-electron chi connectivity index (χ4n) is 2.24. The van der Waals surface area contributed by atoms with E-state index in [-0.39, 0.29) is 11.6 Å². The van der Waals surface area contributed by atoms with Gasteiger partial charge >= 0.3 is 0 Å². The van der Waals surface area contributed by atoms with Gasteiger partial charge in [0.2, 0.25) is 0 Å². The van der Waals surface area contributed by atoms with Gasteiger partial charge in [-0.2, -0.15) is 0 Å². The smallest absolute Gasteiger partial charge is 0.273 e. The minimum Gasteiger partial charge on any atom is -0.349 e. The van der Waals surface area contributed by atoms with Crippen molar-refractivity contribution in [2.45, 2.75) is 25.3 Å². The van der Waals surface area contributed by atoms with Crippen LogP contribution >= 0.6 is 0 Å². The van der Waals surface area contributed by atoms with Gasteiger partial charge in [-0.15, -0.1) is 0 Å². The molecule has 1 aliphatic rings. The number of rotatable bonds is 3. The zero-order valence-corrected chi connectivity index (χ0v) is 10.9. The Kier molecular flexibility index (Phi) is 4.62. The molecule has 1 amide bonds. The van der Waals surface area contributed by atoms with E-state index < -0.39 is 22.3 Å². The van der Waals surface area contributed by atoms with Crippen LogP contribution in [0.2, 0.25) is 0 Å². The molecule has 108 valence electrons. The van der Waals surface area contributed by atoms with Crippen LogP contribution in [-0.4, -0.2) is 30.0 Å². The van der Waals surface area contributed by atoms with Crippen LogP contribution in [0.5, 0.6) is 0 Å². The number of nitro benzene ring substituents is 1. The molecule has 1 aromatic carbocycles. The Labute approximate surface area is 115 Å². The van der Waals surface area contributed by atoms with Crippen molar-refractivity contribution in [3.63, 3.8) is 0 Å². The normalized spacial score (nSPS) is 19.1. The van der Waals surface area contributed by atoms with Crippen molar-refractivity contribution < 1.29 is 14.1 Å². The van der Waals surface area contributed by atoms with Crippen molar-refractivity contribution in [2.24, 2.45) is 0 Å². The summed E-state index contributed by atoms with van der Waals surface area (Å²) in [6, 6.07) is 2.91. The molecule has 0 saturated carbocycles. The molecular formula is C13H16FN3O3. The monoisotopic (exact) mass is 281 g/mol. The Morgan fingerprint density at radius 1 is 1.35 bits per heavy atom. The molecule has 7 heteroatoms. The summed E-state index contributed by atoms with van der Waals surface area (Å²) < 4.78 is 13.3. The lowest BCUT2D eigenvalue weighted by Crippen LogP contribution is -2.35. The second-order valence-corrected chi connectivity index (χ2v) is 4.81. The molecule has 1 unspecified atom stereocenters. The number of nitrogens with one attached hydrogen (secondary N) is 2. The van der Waals surface area contributed by atoms with Gasteiger partial charge in [0.1, 0.15) is 5.82 Å². The van der Waals surface area contributed by atoms with Gasteiger partial charge in [0.05, 0.1) is 11.0 Å². The summed E-state index contributed by atoms with van der Waals surface area (Å²) in [5, 5.41) is 16.7. The lowest BCUT2D eigenvalue weighted by molar-refractivity contribution is -0.385. The zero-order valence-electron chi connectivity index (χ0n) is 10.9. The first-order valence-corrected chi connectivity index (χ1v) is 6.53. The number of carbonyl (C=O) groups is 1. The van der Waals surface area contributed by atoms with Crippen molar-refractivity contribution in [1.82, 2.24) is 10.6 Å². The summed E-state index contributed by atoms with van der Waals surface area (Å²) in [6.07, 6.45) is 2.59. The van der Waals surface area contributed by atoms with Crippen LogP contribution in [0.15, 0.2) is 18.2 Å².